The minimum atomic E-state index is -3.75. The maximum Gasteiger partial charge on any atom is 0.243 e. The van der Waals surface area contributed by atoms with Crippen molar-refractivity contribution in [2.75, 3.05) is 44.8 Å². The molecule has 1 saturated carbocycles. The highest BCUT2D eigenvalue weighted by molar-refractivity contribution is 7.89. The fourth-order valence-corrected chi connectivity index (χ4v) is 8.34. The van der Waals surface area contributed by atoms with E-state index < -0.39 is 15.9 Å². The van der Waals surface area contributed by atoms with Gasteiger partial charge in [-0.2, -0.15) is 9.42 Å². The van der Waals surface area contributed by atoms with Crippen molar-refractivity contribution < 1.29 is 22.7 Å². The third-order valence-corrected chi connectivity index (χ3v) is 11.5. The molecule has 1 atom stereocenters. The fourth-order valence-electron chi connectivity index (χ4n) is 6.72. The molecular weight excluding hydrogens is 628 g/mol. The van der Waals surface area contributed by atoms with Crippen LogP contribution < -0.4 is 11.1 Å². The van der Waals surface area contributed by atoms with Gasteiger partial charge in [0.15, 0.2) is 12.5 Å². The van der Waals surface area contributed by atoms with Crippen molar-refractivity contribution in [3.63, 3.8) is 0 Å². The first-order chi connectivity index (χ1) is 23.3. The van der Waals surface area contributed by atoms with Gasteiger partial charge in [0.25, 0.3) is 0 Å². The lowest BCUT2D eigenvalue weighted by Gasteiger charge is -2.28. The summed E-state index contributed by atoms with van der Waals surface area (Å²) in [6.07, 6.45) is 3.87. The normalized spacial score (nSPS) is 20.6. The van der Waals surface area contributed by atoms with Crippen molar-refractivity contribution in [1.82, 2.24) is 4.31 Å². The second-order valence-corrected chi connectivity index (χ2v) is 14.6. The highest BCUT2D eigenvalue weighted by Crippen LogP contribution is 2.33. The first kappa shape index (κ1) is 33.8. The maximum atomic E-state index is 13.9. The number of anilines is 1. The number of nitrogens with one attached hydrogen (secondary N) is 1. The van der Waals surface area contributed by atoms with Gasteiger partial charge in [-0.1, -0.05) is 42.5 Å². The SMILES string of the molecule is NCC1CCC(C(=O)C[C@@H](Cc2cccc(-c3ccccc3S(=O)(=O)N3CCOCC3)c2)C(=O)Nc2ccc(C3=NCN=N3)cc2)CC1. The van der Waals surface area contributed by atoms with Gasteiger partial charge in [-0.15, -0.1) is 5.11 Å². The number of morpholine rings is 1. The number of ketones is 1. The lowest BCUT2D eigenvalue weighted by Crippen LogP contribution is -2.40. The molecule has 48 heavy (non-hydrogen) atoms. The molecule has 0 radical (unpaired) electrons. The molecule has 3 N–H and O–H groups in total. The standard InChI is InChI=1S/C36H42N6O5S/c37-23-25-8-10-27(11-9-25)33(43)22-30(36(44)40-31-14-12-28(13-15-31)35-38-24-39-41-35)21-26-4-3-5-29(20-26)32-6-1-2-7-34(32)48(45,46)42-16-18-47-19-17-42/h1-7,12-15,20,25,27,30H,8-11,16-19,21-24,37H2,(H,40,44)/t25?,27?,30-/m1/s1. The van der Waals surface area contributed by atoms with Gasteiger partial charge in [0.05, 0.1) is 18.1 Å². The van der Waals surface area contributed by atoms with Gasteiger partial charge in [0, 0.05) is 48.2 Å². The summed E-state index contributed by atoms with van der Waals surface area (Å²) in [6, 6.07) is 21.8. The van der Waals surface area contributed by atoms with Crippen LogP contribution in [0.2, 0.25) is 0 Å². The van der Waals surface area contributed by atoms with E-state index in [-0.39, 0.29) is 28.9 Å². The second kappa shape index (κ2) is 15.4. The smallest absolute Gasteiger partial charge is 0.243 e. The van der Waals surface area contributed by atoms with E-state index in [1.807, 2.05) is 42.5 Å². The Morgan fingerprint density at radius 1 is 0.938 bits per heavy atom. The Balaban J connectivity index is 1.23. The third kappa shape index (κ3) is 7.95. The molecule has 1 saturated heterocycles. The highest BCUT2D eigenvalue weighted by Gasteiger charge is 2.31. The molecule has 11 nitrogen and oxygen atoms in total. The van der Waals surface area contributed by atoms with Crippen LogP contribution in [0.25, 0.3) is 11.1 Å². The van der Waals surface area contributed by atoms with Gasteiger partial charge in [-0.25, -0.2) is 13.4 Å². The molecule has 2 aliphatic heterocycles. The van der Waals surface area contributed by atoms with Crippen LogP contribution >= 0.6 is 0 Å². The molecule has 0 unspecified atom stereocenters. The number of nitrogens with two attached hydrogens (primary N) is 1. The number of Topliss-reactive ketones (excluding diaryl/α,β-unsaturated/α-hetero) is 1. The average molecular weight is 671 g/mol. The van der Waals surface area contributed by atoms with Crippen LogP contribution in [0, 0.1) is 17.8 Å². The largest absolute Gasteiger partial charge is 0.379 e. The number of hydrogen-bond donors (Lipinski definition) is 2. The second-order valence-electron chi connectivity index (χ2n) is 12.7. The van der Waals surface area contributed by atoms with Crippen molar-refractivity contribution in [2.45, 2.75) is 43.4 Å². The van der Waals surface area contributed by atoms with Crippen molar-refractivity contribution in [3.8, 4) is 11.1 Å². The van der Waals surface area contributed by atoms with Gasteiger partial charge < -0.3 is 15.8 Å². The monoisotopic (exact) mass is 670 g/mol. The number of sulfonamides is 1. The summed E-state index contributed by atoms with van der Waals surface area (Å²) < 4.78 is 34.2. The number of benzene rings is 3. The maximum absolute atomic E-state index is 13.9. The number of rotatable bonds is 12. The summed E-state index contributed by atoms with van der Waals surface area (Å²) in [7, 11) is -3.75. The number of azo groups is 1. The van der Waals surface area contributed by atoms with Crippen molar-refractivity contribution >= 4 is 33.2 Å². The summed E-state index contributed by atoms with van der Waals surface area (Å²) in [4.78, 5) is 31.9. The Morgan fingerprint density at radius 2 is 1.69 bits per heavy atom. The number of aliphatic imine (C=N–C) groups is 1. The summed E-state index contributed by atoms with van der Waals surface area (Å²) in [5.41, 5.74) is 9.45. The van der Waals surface area contributed by atoms with Gasteiger partial charge in [0.1, 0.15) is 5.78 Å². The van der Waals surface area contributed by atoms with Gasteiger partial charge in [-0.3, -0.25) is 9.59 Å². The van der Waals surface area contributed by atoms with E-state index in [1.165, 1.54) is 4.31 Å². The summed E-state index contributed by atoms with van der Waals surface area (Å²) in [5.74, 6) is 0.159. The van der Waals surface area contributed by atoms with E-state index >= 15 is 0 Å². The number of amidine groups is 1. The van der Waals surface area contributed by atoms with E-state index in [9.17, 15) is 18.0 Å². The van der Waals surface area contributed by atoms with E-state index in [4.69, 9.17) is 10.5 Å². The molecule has 2 fully saturated rings. The summed E-state index contributed by atoms with van der Waals surface area (Å²) in [6.45, 7) is 2.27. The summed E-state index contributed by atoms with van der Waals surface area (Å²) >= 11 is 0. The Labute approximate surface area is 281 Å². The van der Waals surface area contributed by atoms with Crippen molar-refractivity contribution in [3.05, 3.63) is 83.9 Å². The number of amides is 1. The molecule has 0 spiro atoms. The molecule has 2 heterocycles. The molecule has 1 aliphatic carbocycles. The molecule has 3 aromatic carbocycles. The van der Waals surface area contributed by atoms with Crippen molar-refractivity contribution in [2.24, 2.45) is 38.7 Å². The molecule has 0 aromatic heterocycles. The number of hydrogen-bond acceptors (Lipinski definition) is 9. The van der Waals surface area contributed by atoms with Crippen LogP contribution in [0.15, 0.2) is 92.9 Å². The van der Waals surface area contributed by atoms with E-state index in [1.54, 1.807) is 30.3 Å². The Morgan fingerprint density at radius 3 is 2.40 bits per heavy atom. The van der Waals surface area contributed by atoms with Gasteiger partial charge in [0.2, 0.25) is 15.9 Å². The molecule has 0 bridgehead atoms. The topological polar surface area (TPSA) is 156 Å². The molecule has 3 aliphatic rings. The minimum absolute atomic E-state index is 0.0765. The van der Waals surface area contributed by atoms with E-state index in [0.29, 0.717) is 68.9 Å². The minimum Gasteiger partial charge on any atom is -0.379 e. The lowest BCUT2D eigenvalue weighted by atomic mass is 9.77. The first-order valence-electron chi connectivity index (χ1n) is 16.6. The quantitative estimate of drug-likeness (QED) is 0.274. The van der Waals surface area contributed by atoms with E-state index in [0.717, 1.165) is 42.4 Å². The number of ether oxygens (including phenoxy) is 1. The van der Waals surface area contributed by atoms with Crippen molar-refractivity contribution in [1.29, 1.82) is 0 Å². The highest BCUT2D eigenvalue weighted by atomic mass is 32.2. The molecule has 12 heteroatoms. The zero-order valence-corrected chi connectivity index (χ0v) is 27.8. The van der Waals surface area contributed by atoms with Crippen LogP contribution in [-0.2, 0) is 30.8 Å². The zero-order chi connectivity index (χ0) is 33.5. The fraction of sp³-hybridized carbons (Fsp3) is 0.417. The number of carbonyl (C=O) groups is 2. The molecule has 3 aromatic rings. The van der Waals surface area contributed by atoms with Gasteiger partial charge in [-0.05, 0) is 86.0 Å². The first-order valence-corrected chi connectivity index (χ1v) is 18.1. The molecule has 252 valence electrons. The predicted octanol–water partition coefficient (Wildman–Crippen LogP) is 5.07. The van der Waals surface area contributed by atoms with E-state index in [2.05, 4.69) is 20.5 Å². The Kier molecular flexibility index (Phi) is 10.9. The zero-order valence-electron chi connectivity index (χ0n) is 27.0. The van der Waals surface area contributed by atoms with Crippen LogP contribution in [0.4, 0.5) is 5.69 Å². The predicted molar refractivity (Wildman–Crippen MR) is 184 cm³/mol. The molecule has 1 amide bonds. The number of nitrogens with zero attached hydrogens (tertiary/aromatic N) is 4. The number of carbonyl (C=O) groups excluding carboxylic acids is 2. The Hall–Kier alpha value is -4.10. The molecular formula is C36H42N6O5S. The van der Waals surface area contributed by atoms with Gasteiger partial charge >= 0.3 is 0 Å². The Bertz CT molecular complexity index is 1780. The van der Waals surface area contributed by atoms with Crippen LogP contribution in [-0.4, -0.2) is 69.8 Å². The summed E-state index contributed by atoms with van der Waals surface area (Å²) in [5, 5.41) is 10.9. The molecule has 6 rings (SSSR count). The average Bonchev–Trinajstić information content (AvgIpc) is 3.67. The lowest BCUT2D eigenvalue weighted by molar-refractivity contribution is -0.129. The van der Waals surface area contributed by atoms with Crippen LogP contribution in [0.3, 0.4) is 0 Å². The van der Waals surface area contributed by atoms with Crippen LogP contribution in [0.1, 0.15) is 43.2 Å². The third-order valence-electron chi connectivity index (χ3n) is 9.51. The van der Waals surface area contributed by atoms with Crippen LogP contribution in [0.5, 0.6) is 0 Å².